The Kier molecular flexibility index (Phi) is 5.25. The summed E-state index contributed by atoms with van der Waals surface area (Å²) in [6.07, 6.45) is -0.117. The minimum absolute atomic E-state index is 0.0217. The van der Waals surface area contributed by atoms with Gasteiger partial charge in [0.2, 0.25) is 0 Å². The molecule has 0 saturated carbocycles. The summed E-state index contributed by atoms with van der Waals surface area (Å²) < 4.78 is 40.6. The molecule has 0 aromatic heterocycles. The summed E-state index contributed by atoms with van der Waals surface area (Å²) in [7, 11) is 0. The van der Waals surface area contributed by atoms with Crippen LogP contribution in [0.2, 0.25) is 0 Å². The van der Waals surface area contributed by atoms with Gasteiger partial charge >= 0.3 is 6.18 Å². The van der Waals surface area contributed by atoms with E-state index in [9.17, 15) is 13.2 Å². The molecule has 1 aromatic carbocycles. The SMILES string of the molecule is CCN1C=CCN1Cc1ccc(COCC(F)(F)F)cc1. The van der Waals surface area contributed by atoms with E-state index < -0.39 is 12.8 Å². The van der Waals surface area contributed by atoms with E-state index in [0.29, 0.717) is 0 Å². The van der Waals surface area contributed by atoms with E-state index in [1.807, 2.05) is 24.3 Å². The second-order valence-corrected chi connectivity index (χ2v) is 4.91. The van der Waals surface area contributed by atoms with Gasteiger partial charge in [-0.05, 0) is 18.1 Å². The van der Waals surface area contributed by atoms with Crippen LogP contribution in [0.15, 0.2) is 36.5 Å². The van der Waals surface area contributed by atoms with Crippen LogP contribution in [0, 0.1) is 0 Å². The van der Waals surface area contributed by atoms with Crippen molar-refractivity contribution in [3.63, 3.8) is 0 Å². The Morgan fingerprint density at radius 2 is 1.81 bits per heavy atom. The standard InChI is InChI=1S/C15H19F3N2O/c1-2-19-8-3-9-20(19)10-13-4-6-14(7-5-13)11-21-12-15(16,17)18/h3-8H,2,9-12H2,1H3. The molecule has 1 aromatic rings. The molecule has 0 atom stereocenters. The number of rotatable bonds is 6. The summed E-state index contributed by atoms with van der Waals surface area (Å²) in [4.78, 5) is 0. The fourth-order valence-corrected chi connectivity index (χ4v) is 2.19. The molecule has 0 fully saturated rings. The first kappa shape index (κ1) is 15.9. The van der Waals surface area contributed by atoms with Crippen molar-refractivity contribution in [1.82, 2.24) is 10.0 Å². The molecule has 0 bridgehead atoms. The Labute approximate surface area is 122 Å². The van der Waals surface area contributed by atoms with Crippen LogP contribution in [0.3, 0.4) is 0 Å². The minimum Gasteiger partial charge on any atom is -0.367 e. The van der Waals surface area contributed by atoms with Crippen molar-refractivity contribution in [2.45, 2.75) is 26.3 Å². The molecule has 1 aliphatic heterocycles. The maximum atomic E-state index is 12.0. The second-order valence-electron chi connectivity index (χ2n) is 4.91. The maximum absolute atomic E-state index is 12.0. The lowest BCUT2D eigenvalue weighted by molar-refractivity contribution is -0.176. The molecule has 21 heavy (non-hydrogen) atoms. The average molecular weight is 300 g/mol. The zero-order valence-electron chi connectivity index (χ0n) is 11.9. The van der Waals surface area contributed by atoms with Gasteiger partial charge in [0.15, 0.2) is 0 Å². The van der Waals surface area contributed by atoms with Crippen molar-refractivity contribution in [2.24, 2.45) is 0 Å². The second kappa shape index (κ2) is 6.95. The monoisotopic (exact) mass is 300 g/mol. The Hall–Kier alpha value is -1.53. The Bertz CT molecular complexity index is 471. The van der Waals surface area contributed by atoms with Gasteiger partial charge in [-0.15, -0.1) is 0 Å². The molecule has 1 heterocycles. The van der Waals surface area contributed by atoms with E-state index in [1.165, 1.54) is 0 Å². The summed E-state index contributed by atoms with van der Waals surface area (Å²) in [6.45, 7) is 3.43. The van der Waals surface area contributed by atoms with Crippen LogP contribution >= 0.6 is 0 Å². The molecule has 0 amide bonds. The van der Waals surface area contributed by atoms with Gasteiger partial charge < -0.3 is 9.75 Å². The van der Waals surface area contributed by atoms with Gasteiger partial charge in [0.1, 0.15) is 6.61 Å². The zero-order valence-corrected chi connectivity index (χ0v) is 11.9. The molecular formula is C15H19F3N2O. The lowest BCUT2D eigenvalue weighted by atomic mass is 10.1. The van der Waals surface area contributed by atoms with Crippen molar-refractivity contribution < 1.29 is 17.9 Å². The van der Waals surface area contributed by atoms with Gasteiger partial charge in [0.05, 0.1) is 6.61 Å². The Balaban J connectivity index is 1.82. The highest BCUT2D eigenvalue weighted by atomic mass is 19.4. The summed E-state index contributed by atoms with van der Waals surface area (Å²) in [5.41, 5.74) is 1.87. The van der Waals surface area contributed by atoms with Crippen LogP contribution in [0.4, 0.5) is 13.2 Å². The van der Waals surface area contributed by atoms with Gasteiger partial charge in [-0.1, -0.05) is 30.3 Å². The number of nitrogens with zero attached hydrogens (tertiary/aromatic N) is 2. The first-order valence-corrected chi connectivity index (χ1v) is 6.88. The molecule has 3 nitrogen and oxygen atoms in total. The Morgan fingerprint density at radius 1 is 1.14 bits per heavy atom. The predicted octanol–water partition coefficient (Wildman–Crippen LogP) is 3.33. The molecule has 0 spiro atoms. The number of hydrazine groups is 1. The van der Waals surface area contributed by atoms with Gasteiger partial charge in [-0.3, -0.25) is 0 Å². The van der Waals surface area contributed by atoms with Crippen molar-refractivity contribution in [3.8, 4) is 0 Å². The zero-order chi connectivity index (χ0) is 15.3. The van der Waals surface area contributed by atoms with Gasteiger partial charge in [-0.25, -0.2) is 5.01 Å². The molecule has 2 rings (SSSR count). The fourth-order valence-electron chi connectivity index (χ4n) is 2.19. The maximum Gasteiger partial charge on any atom is 0.411 e. The normalized spacial score (nSPS) is 15.9. The third kappa shape index (κ3) is 5.06. The lowest BCUT2D eigenvalue weighted by Gasteiger charge is -2.27. The predicted molar refractivity (Wildman–Crippen MR) is 74.1 cm³/mol. The van der Waals surface area contributed by atoms with Crippen molar-refractivity contribution in [1.29, 1.82) is 0 Å². The number of halogens is 3. The molecule has 0 unspecified atom stereocenters. The highest BCUT2D eigenvalue weighted by molar-refractivity contribution is 5.22. The van der Waals surface area contributed by atoms with Gasteiger partial charge in [-0.2, -0.15) is 13.2 Å². The topological polar surface area (TPSA) is 15.7 Å². The smallest absolute Gasteiger partial charge is 0.367 e. The molecule has 0 saturated heterocycles. The Morgan fingerprint density at radius 3 is 2.43 bits per heavy atom. The molecular weight excluding hydrogens is 281 g/mol. The molecule has 0 N–H and O–H groups in total. The van der Waals surface area contributed by atoms with Crippen LogP contribution in [-0.4, -0.2) is 35.9 Å². The average Bonchev–Trinajstić information content (AvgIpc) is 2.86. The molecule has 6 heteroatoms. The van der Waals surface area contributed by atoms with E-state index in [0.717, 1.165) is 30.8 Å². The van der Waals surface area contributed by atoms with Gasteiger partial charge in [0.25, 0.3) is 0 Å². The number of alkyl halides is 3. The number of ether oxygens (including phenoxy) is 1. The largest absolute Gasteiger partial charge is 0.411 e. The van der Waals surface area contributed by atoms with Crippen molar-refractivity contribution >= 4 is 0 Å². The molecule has 0 aliphatic carbocycles. The number of benzene rings is 1. The number of hydrogen-bond donors (Lipinski definition) is 0. The van der Waals surface area contributed by atoms with Crippen molar-refractivity contribution in [3.05, 3.63) is 47.7 Å². The van der Waals surface area contributed by atoms with Gasteiger partial charge in [0, 0.05) is 25.8 Å². The van der Waals surface area contributed by atoms with E-state index in [-0.39, 0.29) is 6.61 Å². The van der Waals surface area contributed by atoms with Crippen LogP contribution < -0.4 is 0 Å². The highest BCUT2D eigenvalue weighted by Crippen LogP contribution is 2.17. The fraction of sp³-hybridized carbons (Fsp3) is 0.467. The van der Waals surface area contributed by atoms with Crippen molar-refractivity contribution in [2.75, 3.05) is 19.7 Å². The third-order valence-electron chi connectivity index (χ3n) is 3.20. The van der Waals surface area contributed by atoms with E-state index in [1.54, 1.807) is 0 Å². The van der Waals surface area contributed by atoms with Crippen LogP contribution in [0.1, 0.15) is 18.1 Å². The van der Waals surface area contributed by atoms with Crippen LogP contribution in [0.25, 0.3) is 0 Å². The van der Waals surface area contributed by atoms with E-state index >= 15 is 0 Å². The molecule has 1 aliphatic rings. The summed E-state index contributed by atoms with van der Waals surface area (Å²) in [5, 5.41) is 4.34. The summed E-state index contributed by atoms with van der Waals surface area (Å²) in [5.74, 6) is 0. The third-order valence-corrected chi connectivity index (χ3v) is 3.20. The highest BCUT2D eigenvalue weighted by Gasteiger charge is 2.27. The quantitative estimate of drug-likeness (QED) is 0.801. The van der Waals surface area contributed by atoms with Crippen LogP contribution in [0.5, 0.6) is 0 Å². The lowest BCUT2D eigenvalue weighted by Crippen LogP contribution is -2.34. The summed E-state index contributed by atoms with van der Waals surface area (Å²) >= 11 is 0. The van der Waals surface area contributed by atoms with E-state index in [4.69, 9.17) is 0 Å². The van der Waals surface area contributed by atoms with E-state index in [2.05, 4.69) is 34.0 Å². The first-order valence-electron chi connectivity index (χ1n) is 6.88. The minimum atomic E-state index is -4.27. The first-order chi connectivity index (χ1) is 9.98. The molecule has 116 valence electrons. The number of hydrogen-bond acceptors (Lipinski definition) is 3. The molecule has 0 radical (unpaired) electrons. The van der Waals surface area contributed by atoms with Crippen LogP contribution in [-0.2, 0) is 17.9 Å². The summed E-state index contributed by atoms with van der Waals surface area (Å²) in [6, 6.07) is 7.48.